The number of nitrogens with one attached hydrogen (secondary N) is 1. The van der Waals surface area contributed by atoms with Crippen molar-refractivity contribution in [2.75, 3.05) is 25.0 Å². The topological polar surface area (TPSA) is 71.5 Å². The molecule has 0 unspecified atom stereocenters. The number of ether oxygens (including phenoxy) is 1. The standard InChI is InChI=1S/C14H21N3O3S/c1-3-20-13(19)11-5-4-6-17(7-11)8-12-9-21-14(16-12)15-10(2)18/h9,11H,3-8H2,1-2H3,(H,15,16,18)/t11-/m0/s1. The van der Waals surface area contributed by atoms with Crippen LogP contribution < -0.4 is 5.32 Å². The first kappa shape index (κ1) is 15.9. The molecule has 6 nitrogen and oxygen atoms in total. The van der Waals surface area contributed by atoms with Crippen molar-refractivity contribution in [1.29, 1.82) is 0 Å². The molecule has 0 radical (unpaired) electrons. The van der Waals surface area contributed by atoms with E-state index in [4.69, 9.17) is 4.74 Å². The van der Waals surface area contributed by atoms with Crippen LogP contribution in [0.2, 0.25) is 0 Å². The van der Waals surface area contributed by atoms with Gasteiger partial charge >= 0.3 is 5.97 Å². The summed E-state index contributed by atoms with van der Waals surface area (Å²) in [6.07, 6.45) is 1.88. The number of amides is 1. The maximum atomic E-state index is 11.8. The van der Waals surface area contributed by atoms with Gasteiger partial charge in [0.1, 0.15) is 0 Å². The first-order chi connectivity index (χ1) is 10.1. The Hall–Kier alpha value is -1.47. The summed E-state index contributed by atoms with van der Waals surface area (Å²) in [7, 11) is 0. The van der Waals surface area contributed by atoms with E-state index >= 15 is 0 Å². The number of aromatic nitrogens is 1. The van der Waals surface area contributed by atoms with Crippen molar-refractivity contribution >= 4 is 28.3 Å². The second-order valence-corrected chi connectivity index (χ2v) is 6.01. The molecule has 1 N–H and O–H groups in total. The van der Waals surface area contributed by atoms with E-state index in [-0.39, 0.29) is 17.8 Å². The summed E-state index contributed by atoms with van der Waals surface area (Å²) >= 11 is 1.42. The molecule has 116 valence electrons. The molecular weight excluding hydrogens is 290 g/mol. The fraction of sp³-hybridized carbons (Fsp3) is 0.643. The van der Waals surface area contributed by atoms with Crippen molar-refractivity contribution in [3.8, 4) is 0 Å². The lowest BCUT2D eigenvalue weighted by atomic mass is 9.98. The third kappa shape index (κ3) is 4.78. The molecule has 1 atom stereocenters. The summed E-state index contributed by atoms with van der Waals surface area (Å²) in [5.41, 5.74) is 0.924. The smallest absolute Gasteiger partial charge is 0.310 e. The average molecular weight is 311 g/mol. The highest BCUT2D eigenvalue weighted by atomic mass is 32.1. The van der Waals surface area contributed by atoms with Gasteiger partial charge < -0.3 is 10.1 Å². The molecule has 0 bridgehead atoms. The van der Waals surface area contributed by atoms with Crippen LogP contribution >= 0.6 is 11.3 Å². The van der Waals surface area contributed by atoms with Crippen LogP contribution in [0.25, 0.3) is 0 Å². The summed E-state index contributed by atoms with van der Waals surface area (Å²) in [5, 5.41) is 5.25. The van der Waals surface area contributed by atoms with Crippen molar-refractivity contribution in [3.63, 3.8) is 0 Å². The van der Waals surface area contributed by atoms with Crippen molar-refractivity contribution in [2.45, 2.75) is 33.2 Å². The molecule has 1 aromatic heterocycles. The first-order valence-electron chi connectivity index (χ1n) is 7.19. The van der Waals surface area contributed by atoms with Crippen LogP contribution in [0, 0.1) is 5.92 Å². The van der Waals surface area contributed by atoms with E-state index in [0.29, 0.717) is 24.8 Å². The average Bonchev–Trinajstić information content (AvgIpc) is 2.85. The number of anilines is 1. The number of esters is 1. The molecular formula is C14H21N3O3S. The van der Waals surface area contributed by atoms with Gasteiger partial charge in [-0.2, -0.15) is 0 Å². The minimum absolute atomic E-state index is 0.0350. The molecule has 0 aromatic carbocycles. The molecule has 21 heavy (non-hydrogen) atoms. The third-order valence-corrected chi connectivity index (χ3v) is 4.15. The number of piperidine rings is 1. The highest BCUT2D eigenvalue weighted by Gasteiger charge is 2.27. The summed E-state index contributed by atoms with van der Waals surface area (Å²) in [6.45, 7) is 6.11. The summed E-state index contributed by atoms with van der Waals surface area (Å²) < 4.78 is 5.10. The Kier molecular flexibility index (Phi) is 5.69. The zero-order valence-corrected chi connectivity index (χ0v) is 13.2. The van der Waals surface area contributed by atoms with E-state index in [1.807, 2.05) is 12.3 Å². The van der Waals surface area contributed by atoms with Gasteiger partial charge in [-0.3, -0.25) is 14.5 Å². The highest BCUT2D eigenvalue weighted by molar-refractivity contribution is 7.13. The lowest BCUT2D eigenvalue weighted by Gasteiger charge is -2.30. The quantitative estimate of drug-likeness (QED) is 0.841. The molecule has 0 aliphatic carbocycles. The normalized spacial score (nSPS) is 19.2. The molecule has 1 aliphatic rings. The van der Waals surface area contributed by atoms with E-state index < -0.39 is 0 Å². The number of likely N-dealkylation sites (tertiary alicyclic amines) is 1. The number of thiazole rings is 1. The Balaban J connectivity index is 1.88. The lowest BCUT2D eigenvalue weighted by molar-refractivity contribution is -0.150. The monoisotopic (exact) mass is 311 g/mol. The van der Waals surface area contributed by atoms with Crippen molar-refractivity contribution in [1.82, 2.24) is 9.88 Å². The Morgan fingerprint density at radius 3 is 3.10 bits per heavy atom. The fourth-order valence-electron chi connectivity index (χ4n) is 2.47. The molecule has 0 spiro atoms. The lowest BCUT2D eigenvalue weighted by Crippen LogP contribution is -2.39. The van der Waals surface area contributed by atoms with Gasteiger partial charge in [0, 0.05) is 25.4 Å². The van der Waals surface area contributed by atoms with Crippen LogP contribution in [0.5, 0.6) is 0 Å². The molecule has 1 saturated heterocycles. The summed E-state index contributed by atoms with van der Waals surface area (Å²) in [4.78, 5) is 29.4. The highest BCUT2D eigenvalue weighted by Crippen LogP contribution is 2.22. The minimum Gasteiger partial charge on any atom is -0.466 e. The Morgan fingerprint density at radius 1 is 1.57 bits per heavy atom. The Labute approximate surface area is 128 Å². The molecule has 2 rings (SSSR count). The zero-order valence-electron chi connectivity index (χ0n) is 12.4. The Morgan fingerprint density at radius 2 is 2.38 bits per heavy atom. The largest absolute Gasteiger partial charge is 0.466 e. The van der Waals surface area contributed by atoms with E-state index in [0.717, 1.165) is 25.1 Å². The minimum atomic E-state index is -0.115. The van der Waals surface area contributed by atoms with Crippen LogP contribution in [0.1, 0.15) is 32.4 Å². The van der Waals surface area contributed by atoms with Gasteiger partial charge in [-0.15, -0.1) is 11.3 Å². The molecule has 2 heterocycles. The van der Waals surface area contributed by atoms with Gasteiger partial charge in [0.05, 0.1) is 18.2 Å². The van der Waals surface area contributed by atoms with E-state index in [9.17, 15) is 9.59 Å². The molecule has 1 aliphatic heterocycles. The summed E-state index contributed by atoms with van der Waals surface area (Å²) in [5.74, 6) is -0.247. The molecule has 0 saturated carbocycles. The maximum Gasteiger partial charge on any atom is 0.310 e. The maximum absolute atomic E-state index is 11.8. The Bertz CT molecular complexity index is 503. The number of rotatable bonds is 5. The van der Waals surface area contributed by atoms with Gasteiger partial charge in [-0.1, -0.05) is 0 Å². The number of carbonyl (C=O) groups excluding carboxylic acids is 2. The van der Waals surface area contributed by atoms with Crippen LogP contribution in [0.3, 0.4) is 0 Å². The summed E-state index contributed by atoms with van der Waals surface area (Å²) in [6, 6.07) is 0. The van der Waals surface area contributed by atoms with Gasteiger partial charge in [-0.05, 0) is 26.3 Å². The molecule has 1 aromatic rings. The molecule has 1 fully saturated rings. The van der Waals surface area contributed by atoms with Gasteiger partial charge in [0.25, 0.3) is 0 Å². The molecule has 7 heteroatoms. The predicted octanol–water partition coefficient (Wildman–Crippen LogP) is 1.88. The number of hydrogen-bond donors (Lipinski definition) is 1. The third-order valence-electron chi connectivity index (χ3n) is 3.35. The number of nitrogens with zero attached hydrogens (tertiary/aromatic N) is 2. The van der Waals surface area contributed by atoms with Crippen LogP contribution in [-0.4, -0.2) is 41.5 Å². The SMILES string of the molecule is CCOC(=O)[C@H]1CCCN(Cc2csc(NC(C)=O)n2)C1. The van der Waals surface area contributed by atoms with Gasteiger partial charge in [0.2, 0.25) is 5.91 Å². The zero-order chi connectivity index (χ0) is 15.2. The number of carbonyl (C=O) groups is 2. The number of hydrogen-bond acceptors (Lipinski definition) is 6. The first-order valence-corrected chi connectivity index (χ1v) is 8.07. The van der Waals surface area contributed by atoms with Gasteiger partial charge in [0.15, 0.2) is 5.13 Å². The van der Waals surface area contributed by atoms with E-state index in [2.05, 4.69) is 15.2 Å². The van der Waals surface area contributed by atoms with Crippen LogP contribution in [-0.2, 0) is 20.9 Å². The second-order valence-electron chi connectivity index (χ2n) is 5.15. The van der Waals surface area contributed by atoms with Crippen molar-refractivity contribution in [2.24, 2.45) is 5.92 Å². The van der Waals surface area contributed by atoms with Gasteiger partial charge in [-0.25, -0.2) is 4.98 Å². The van der Waals surface area contributed by atoms with Crippen LogP contribution in [0.15, 0.2) is 5.38 Å². The predicted molar refractivity (Wildman–Crippen MR) is 81.1 cm³/mol. The van der Waals surface area contributed by atoms with E-state index in [1.54, 1.807) is 0 Å². The fourth-order valence-corrected chi connectivity index (χ4v) is 3.22. The van der Waals surface area contributed by atoms with Crippen molar-refractivity contribution < 1.29 is 14.3 Å². The van der Waals surface area contributed by atoms with E-state index in [1.165, 1.54) is 18.3 Å². The van der Waals surface area contributed by atoms with Crippen molar-refractivity contribution in [3.05, 3.63) is 11.1 Å². The second kappa shape index (κ2) is 7.51. The van der Waals surface area contributed by atoms with Crippen LogP contribution in [0.4, 0.5) is 5.13 Å². The molecule has 1 amide bonds.